The van der Waals surface area contributed by atoms with Crippen molar-refractivity contribution >= 4 is 17.4 Å². The molecule has 0 saturated carbocycles. The zero-order chi connectivity index (χ0) is 15.2. The van der Waals surface area contributed by atoms with Gasteiger partial charge in [0, 0.05) is 5.56 Å². The van der Waals surface area contributed by atoms with Crippen LogP contribution in [0.25, 0.3) is 5.57 Å². The van der Waals surface area contributed by atoms with Crippen molar-refractivity contribution in [3.63, 3.8) is 0 Å². The number of benzene rings is 1. The van der Waals surface area contributed by atoms with Crippen LogP contribution in [-0.4, -0.2) is 25.3 Å². The lowest BCUT2D eigenvalue weighted by atomic mass is 9.96. The highest BCUT2D eigenvalue weighted by atomic mass is 16.6. The zero-order valence-corrected chi connectivity index (χ0v) is 12.7. The van der Waals surface area contributed by atoms with Crippen molar-refractivity contribution in [2.75, 3.05) is 18.4 Å². The summed E-state index contributed by atoms with van der Waals surface area (Å²) >= 11 is 0. The first kappa shape index (κ1) is 14.9. The summed E-state index contributed by atoms with van der Waals surface area (Å²) in [7, 11) is 0. The van der Waals surface area contributed by atoms with Gasteiger partial charge in [0.05, 0.1) is 5.69 Å². The van der Waals surface area contributed by atoms with Gasteiger partial charge in [-0.3, -0.25) is 5.32 Å². The fourth-order valence-electron chi connectivity index (χ4n) is 2.90. The normalized spacial score (nSPS) is 18.6. The molecule has 1 saturated heterocycles. The molecule has 1 heterocycles. The average Bonchev–Trinajstić information content (AvgIpc) is 2.57. The van der Waals surface area contributed by atoms with Gasteiger partial charge in [-0.15, -0.1) is 0 Å². The maximum atomic E-state index is 12.1. The number of hydrogen-bond donors (Lipinski definition) is 2. The number of nitrogens with one attached hydrogen (secondary N) is 2. The van der Waals surface area contributed by atoms with Gasteiger partial charge in [-0.05, 0) is 50.4 Å². The molecule has 22 heavy (non-hydrogen) atoms. The highest BCUT2D eigenvalue weighted by molar-refractivity contribution is 5.90. The van der Waals surface area contributed by atoms with Gasteiger partial charge in [0.1, 0.15) is 6.10 Å². The maximum Gasteiger partial charge on any atom is 0.411 e. The van der Waals surface area contributed by atoms with Crippen LogP contribution in [0.3, 0.4) is 0 Å². The minimum atomic E-state index is -0.355. The topological polar surface area (TPSA) is 50.4 Å². The zero-order valence-electron chi connectivity index (χ0n) is 12.7. The molecule has 0 aromatic heterocycles. The van der Waals surface area contributed by atoms with Gasteiger partial charge in [-0.2, -0.15) is 0 Å². The predicted molar refractivity (Wildman–Crippen MR) is 88.8 cm³/mol. The van der Waals surface area contributed by atoms with E-state index >= 15 is 0 Å². The van der Waals surface area contributed by atoms with Gasteiger partial charge in [-0.1, -0.05) is 36.4 Å². The Morgan fingerprint density at radius 2 is 2.05 bits per heavy atom. The van der Waals surface area contributed by atoms with Crippen LogP contribution in [-0.2, 0) is 4.74 Å². The van der Waals surface area contributed by atoms with Crippen LogP contribution in [0.2, 0.25) is 0 Å². The first-order valence-electron chi connectivity index (χ1n) is 7.96. The third-order valence-electron chi connectivity index (χ3n) is 4.08. The van der Waals surface area contributed by atoms with E-state index in [1.165, 1.54) is 5.57 Å². The number of piperidine rings is 1. The molecule has 0 bridgehead atoms. The summed E-state index contributed by atoms with van der Waals surface area (Å²) < 4.78 is 5.51. The van der Waals surface area contributed by atoms with E-state index in [0.29, 0.717) is 0 Å². The largest absolute Gasteiger partial charge is 0.446 e. The van der Waals surface area contributed by atoms with Crippen molar-refractivity contribution in [1.82, 2.24) is 5.32 Å². The molecule has 1 aliphatic heterocycles. The SMILES string of the molecule is O=C(Nc1ccccc1C1=CC=CCC1)OC1CCNCC1. The lowest BCUT2D eigenvalue weighted by molar-refractivity contribution is 0.0909. The quantitative estimate of drug-likeness (QED) is 0.894. The Morgan fingerprint density at radius 1 is 1.23 bits per heavy atom. The first-order valence-corrected chi connectivity index (χ1v) is 7.96. The number of ether oxygens (including phenoxy) is 1. The second-order valence-electron chi connectivity index (χ2n) is 5.68. The van der Waals surface area contributed by atoms with Gasteiger partial charge in [0.25, 0.3) is 0 Å². The van der Waals surface area contributed by atoms with Crippen LogP contribution in [0.5, 0.6) is 0 Å². The average molecular weight is 298 g/mol. The summed E-state index contributed by atoms with van der Waals surface area (Å²) in [5.74, 6) is 0. The molecule has 1 aromatic rings. The third kappa shape index (κ3) is 3.77. The molecule has 3 rings (SSSR count). The van der Waals surface area contributed by atoms with E-state index in [1.54, 1.807) is 0 Å². The maximum absolute atomic E-state index is 12.1. The second-order valence-corrected chi connectivity index (χ2v) is 5.68. The molecule has 1 amide bonds. The van der Waals surface area contributed by atoms with Gasteiger partial charge >= 0.3 is 6.09 Å². The van der Waals surface area contributed by atoms with E-state index in [2.05, 4.69) is 28.9 Å². The summed E-state index contributed by atoms with van der Waals surface area (Å²) in [6, 6.07) is 7.91. The number of carbonyl (C=O) groups is 1. The van der Waals surface area contributed by atoms with E-state index in [9.17, 15) is 4.79 Å². The summed E-state index contributed by atoms with van der Waals surface area (Å²) in [5.41, 5.74) is 3.15. The molecule has 1 aliphatic carbocycles. The Bertz CT molecular complexity index is 587. The monoisotopic (exact) mass is 298 g/mol. The number of hydrogen-bond acceptors (Lipinski definition) is 3. The molecule has 0 unspecified atom stereocenters. The number of anilines is 1. The molecule has 1 fully saturated rings. The molecule has 0 atom stereocenters. The molecular weight excluding hydrogens is 276 g/mol. The van der Waals surface area contributed by atoms with Crippen LogP contribution >= 0.6 is 0 Å². The van der Waals surface area contributed by atoms with Crippen molar-refractivity contribution in [3.05, 3.63) is 48.1 Å². The van der Waals surface area contributed by atoms with Crippen molar-refractivity contribution in [2.45, 2.75) is 31.8 Å². The van der Waals surface area contributed by atoms with Crippen LogP contribution in [0.4, 0.5) is 10.5 Å². The second kappa shape index (κ2) is 7.27. The van der Waals surface area contributed by atoms with Crippen LogP contribution < -0.4 is 10.6 Å². The number of allylic oxidation sites excluding steroid dienone is 4. The van der Waals surface area contributed by atoms with Crippen LogP contribution in [0.1, 0.15) is 31.2 Å². The fraction of sp³-hybridized carbons (Fsp3) is 0.389. The minimum absolute atomic E-state index is 0.0187. The third-order valence-corrected chi connectivity index (χ3v) is 4.08. The number of carbonyl (C=O) groups excluding carboxylic acids is 1. The van der Waals surface area contributed by atoms with Crippen LogP contribution in [0, 0.1) is 0 Å². The van der Waals surface area contributed by atoms with Gasteiger partial charge in [-0.25, -0.2) is 4.79 Å². The smallest absolute Gasteiger partial charge is 0.411 e. The highest BCUT2D eigenvalue weighted by Gasteiger charge is 2.18. The molecule has 4 nitrogen and oxygen atoms in total. The van der Waals surface area contributed by atoms with E-state index < -0.39 is 0 Å². The molecule has 2 aliphatic rings. The Morgan fingerprint density at radius 3 is 2.82 bits per heavy atom. The Labute approximate surface area is 131 Å². The van der Waals surface area contributed by atoms with E-state index in [-0.39, 0.29) is 12.2 Å². The predicted octanol–water partition coefficient (Wildman–Crippen LogP) is 3.72. The Hall–Kier alpha value is -2.07. The number of para-hydroxylation sites is 1. The fourth-order valence-corrected chi connectivity index (χ4v) is 2.90. The number of amides is 1. The van der Waals surface area contributed by atoms with Crippen molar-refractivity contribution in [1.29, 1.82) is 0 Å². The first-order chi connectivity index (χ1) is 10.8. The molecule has 0 spiro atoms. The van der Waals surface area contributed by atoms with Gasteiger partial charge in [0.2, 0.25) is 0 Å². The van der Waals surface area contributed by atoms with E-state index in [1.807, 2.05) is 24.3 Å². The lowest BCUT2D eigenvalue weighted by Crippen LogP contribution is -2.34. The summed E-state index contributed by atoms with van der Waals surface area (Å²) in [4.78, 5) is 12.1. The van der Waals surface area contributed by atoms with Crippen molar-refractivity contribution in [3.8, 4) is 0 Å². The molecule has 1 aromatic carbocycles. The van der Waals surface area contributed by atoms with E-state index in [0.717, 1.165) is 50.0 Å². The summed E-state index contributed by atoms with van der Waals surface area (Å²) in [6.45, 7) is 1.82. The van der Waals surface area contributed by atoms with Gasteiger partial charge < -0.3 is 10.1 Å². The Kier molecular flexibility index (Phi) is 4.91. The van der Waals surface area contributed by atoms with Crippen LogP contribution in [0.15, 0.2) is 42.5 Å². The summed E-state index contributed by atoms with van der Waals surface area (Å²) in [6.07, 6.45) is 9.81. The molecule has 2 N–H and O–H groups in total. The minimum Gasteiger partial charge on any atom is -0.446 e. The molecular formula is C18H22N2O2. The molecule has 4 heteroatoms. The van der Waals surface area contributed by atoms with Crippen molar-refractivity contribution < 1.29 is 9.53 Å². The standard InChI is InChI=1S/C18H22N2O2/c21-18(22-15-10-12-19-13-11-15)20-17-9-5-4-8-16(17)14-6-2-1-3-7-14/h1-2,4-6,8-9,15,19H,3,7,10-13H2,(H,20,21). The van der Waals surface area contributed by atoms with Gasteiger partial charge in [0.15, 0.2) is 0 Å². The molecule has 116 valence electrons. The lowest BCUT2D eigenvalue weighted by Gasteiger charge is -2.23. The summed E-state index contributed by atoms with van der Waals surface area (Å²) in [5, 5.41) is 6.17. The highest BCUT2D eigenvalue weighted by Crippen LogP contribution is 2.29. The number of rotatable bonds is 3. The van der Waals surface area contributed by atoms with E-state index in [4.69, 9.17) is 4.74 Å². The molecule has 0 radical (unpaired) electrons. The van der Waals surface area contributed by atoms with Crippen molar-refractivity contribution in [2.24, 2.45) is 0 Å². The Balaban J connectivity index is 1.68.